The maximum atomic E-state index is 12.3. The maximum Gasteiger partial charge on any atom is 0.263 e. The van der Waals surface area contributed by atoms with Crippen LogP contribution in [0.25, 0.3) is 0 Å². The second kappa shape index (κ2) is 3.82. The second-order valence-electron chi connectivity index (χ2n) is 4.76. The highest BCUT2D eigenvalue weighted by Crippen LogP contribution is 2.40. The first-order valence-corrected chi connectivity index (χ1v) is 5.59. The first kappa shape index (κ1) is 12.1. The first-order chi connectivity index (χ1) is 7.94. The Morgan fingerprint density at radius 1 is 1.29 bits per heavy atom. The minimum atomic E-state index is -1.26. The van der Waals surface area contributed by atoms with E-state index in [1.807, 2.05) is 32.0 Å². The average molecular weight is 235 g/mol. The third-order valence-corrected chi connectivity index (χ3v) is 3.34. The summed E-state index contributed by atoms with van der Waals surface area (Å²) in [5, 5.41) is 9.62. The van der Waals surface area contributed by atoms with Crippen molar-refractivity contribution < 1.29 is 14.6 Å². The number of rotatable bonds is 2. The number of carbonyl (C=O) groups is 1. The van der Waals surface area contributed by atoms with Crippen molar-refractivity contribution in [1.29, 1.82) is 0 Å². The van der Waals surface area contributed by atoms with Crippen LogP contribution in [-0.4, -0.2) is 35.3 Å². The summed E-state index contributed by atoms with van der Waals surface area (Å²) >= 11 is 0. The van der Waals surface area contributed by atoms with Gasteiger partial charge in [-0.25, -0.2) is 0 Å². The Kier molecular flexibility index (Phi) is 2.72. The Morgan fingerprint density at radius 2 is 1.88 bits per heavy atom. The van der Waals surface area contributed by atoms with Gasteiger partial charge in [0.15, 0.2) is 5.60 Å². The highest BCUT2D eigenvalue weighted by atomic mass is 16.6. The van der Waals surface area contributed by atoms with Gasteiger partial charge in [0.2, 0.25) is 0 Å². The zero-order valence-electron chi connectivity index (χ0n) is 10.3. The lowest BCUT2D eigenvalue weighted by Gasteiger charge is -2.27. The summed E-state index contributed by atoms with van der Waals surface area (Å²) in [6, 6.07) is 9.11. The molecule has 0 saturated carbocycles. The van der Waals surface area contributed by atoms with E-state index in [0.29, 0.717) is 5.56 Å². The van der Waals surface area contributed by atoms with Gasteiger partial charge < -0.3 is 14.7 Å². The summed E-state index contributed by atoms with van der Waals surface area (Å²) in [6.45, 7) is 3.26. The zero-order valence-corrected chi connectivity index (χ0v) is 10.3. The van der Waals surface area contributed by atoms with Gasteiger partial charge >= 0.3 is 0 Å². The van der Waals surface area contributed by atoms with Gasteiger partial charge in [0, 0.05) is 7.05 Å². The van der Waals surface area contributed by atoms with Gasteiger partial charge in [-0.3, -0.25) is 4.79 Å². The molecule has 1 aliphatic rings. The molecule has 92 valence electrons. The van der Waals surface area contributed by atoms with Gasteiger partial charge in [-0.05, 0) is 19.4 Å². The molecular formula is C13H17NO3. The lowest BCUT2D eigenvalue weighted by atomic mass is 9.94. The highest BCUT2D eigenvalue weighted by molar-refractivity contribution is 5.89. The Bertz CT molecular complexity index is 430. The van der Waals surface area contributed by atoms with E-state index in [2.05, 4.69) is 0 Å². The van der Waals surface area contributed by atoms with Crippen molar-refractivity contribution in [2.75, 3.05) is 13.7 Å². The first-order valence-electron chi connectivity index (χ1n) is 5.59. The molecule has 0 aromatic heterocycles. The normalized spacial score (nSPS) is 27.5. The lowest BCUT2D eigenvalue weighted by molar-refractivity contribution is -0.148. The third-order valence-electron chi connectivity index (χ3n) is 3.34. The number of aliphatic hydroxyl groups excluding tert-OH is 1. The molecule has 1 saturated heterocycles. The van der Waals surface area contributed by atoms with Crippen LogP contribution in [0.1, 0.15) is 19.4 Å². The lowest BCUT2D eigenvalue weighted by Crippen LogP contribution is -2.41. The van der Waals surface area contributed by atoms with Crippen molar-refractivity contribution in [3.8, 4) is 0 Å². The molecule has 0 bridgehead atoms. The van der Waals surface area contributed by atoms with Crippen molar-refractivity contribution in [3.63, 3.8) is 0 Å². The molecule has 1 aromatic carbocycles. The van der Waals surface area contributed by atoms with Gasteiger partial charge in [-0.15, -0.1) is 0 Å². The van der Waals surface area contributed by atoms with E-state index >= 15 is 0 Å². The fourth-order valence-corrected chi connectivity index (χ4v) is 2.13. The molecular weight excluding hydrogens is 218 g/mol. The number of benzene rings is 1. The Labute approximate surface area is 101 Å². The number of ether oxygens (including phenoxy) is 1. The van der Waals surface area contributed by atoms with Crippen LogP contribution in [0.15, 0.2) is 30.3 Å². The number of carbonyl (C=O) groups excluding carboxylic acids is 1. The van der Waals surface area contributed by atoms with Crippen LogP contribution in [0.5, 0.6) is 0 Å². The van der Waals surface area contributed by atoms with Crippen molar-refractivity contribution in [2.45, 2.75) is 25.2 Å². The molecule has 1 N–H and O–H groups in total. The number of likely N-dealkylation sites (N-methyl/N-ethyl adjacent to an activating group) is 1. The smallest absolute Gasteiger partial charge is 0.263 e. The molecule has 1 aliphatic heterocycles. The largest absolute Gasteiger partial charge is 0.392 e. The van der Waals surface area contributed by atoms with E-state index in [-0.39, 0.29) is 12.5 Å². The summed E-state index contributed by atoms with van der Waals surface area (Å²) < 4.78 is 5.82. The molecule has 4 heteroatoms. The summed E-state index contributed by atoms with van der Waals surface area (Å²) in [6.07, 6.45) is 0. The number of nitrogens with zero attached hydrogens (tertiary/aromatic N) is 1. The molecule has 0 spiro atoms. The predicted molar refractivity (Wildman–Crippen MR) is 63.1 cm³/mol. The molecule has 1 heterocycles. The van der Waals surface area contributed by atoms with Crippen molar-refractivity contribution >= 4 is 5.91 Å². The SMILES string of the molecule is CN1C(=O)[C@@](CO)(c2ccccc2)OC1(C)C. The van der Waals surface area contributed by atoms with Gasteiger partial charge in [-0.1, -0.05) is 30.3 Å². The zero-order chi connectivity index (χ0) is 12.7. The van der Waals surface area contributed by atoms with E-state index in [1.54, 1.807) is 19.2 Å². The molecule has 17 heavy (non-hydrogen) atoms. The van der Waals surface area contributed by atoms with Gasteiger partial charge in [-0.2, -0.15) is 0 Å². The number of hydrogen-bond acceptors (Lipinski definition) is 3. The molecule has 1 aromatic rings. The van der Waals surface area contributed by atoms with Crippen molar-refractivity contribution in [1.82, 2.24) is 4.90 Å². The topological polar surface area (TPSA) is 49.8 Å². The Hall–Kier alpha value is -1.39. The standard InChI is InChI=1S/C13H17NO3/c1-12(2)14(3)11(16)13(9-15,17-12)10-7-5-4-6-8-10/h4-8,15H,9H2,1-3H3/t13-/m1/s1. The van der Waals surface area contributed by atoms with E-state index in [1.165, 1.54) is 4.90 Å². The fourth-order valence-electron chi connectivity index (χ4n) is 2.13. The van der Waals surface area contributed by atoms with Gasteiger partial charge in [0.05, 0.1) is 6.61 Å². The van der Waals surface area contributed by atoms with Crippen molar-refractivity contribution in [2.24, 2.45) is 0 Å². The van der Waals surface area contributed by atoms with Crippen molar-refractivity contribution in [3.05, 3.63) is 35.9 Å². The summed E-state index contributed by atoms with van der Waals surface area (Å²) in [5.41, 5.74) is -1.29. The summed E-state index contributed by atoms with van der Waals surface area (Å²) in [7, 11) is 1.68. The maximum absolute atomic E-state index is 12.3. The predicted octanol–water partition coefficient (Wildman–Crippen LogP) is 1.10. The molecule has 0 aliphatic carbocycles. The average Bonchev–Trinajstić information content (AvgIpc) is 2.52. The van der Waals surface area contributed by atoms with Crippen LogP contribution in [0.3, 0.4) is 0 Å². The number of aliphatic hydroxyl groups is 1. The van der Waals surface area contributed by atoms with E-state index in [0.717, 1.165) is 0 Å². The molecule has 1 fully saturated rings. The number of amides is 1. The molecule has 4 nitrogen and oxygen atoms in total. The molecule has 0 radical (unpaired) electrons. The van der Waals surface area contributed by atoms with Crippen LogP contribution < -0.4 is 0 Å². The fraction of sp³-hybridized carbons (Fsp3) is 0.462. The Morgan fingerprint density at radius 3 is 2.29 bits per heavy atom. The van der Waals surface area contributed by atoms with Gasteiger partial charge in [0.1, 0.15) is 5.72 Å². The Balaban J connectivity index is 2.51. The van der Waals surface area contributed by atoms with E-state index in [4.69, 9.17) is 4.74 Å². The van der Waals surface area contributed by atoms with Gasteiger partial charge in [0.25, 0.3) is 5.91 Å². The molecule has 0 unspecified atom stereocenters. The number of hydrogen-bond donors (Lipinski definition) is 1. The van der Waals surface area contributed by atoms with Crippen LogP contribution in [0.2, 0.25) is 0 Å². The van der Waals surface area contributed by atoms with E-state index < -0.39 is 11.3 Å². The third kappa shape index (κ3) is 1.64. The summed E-state index contributed by atoms with van der Waals surface area (Å²) in [4.78, 5) is 13.8. The monoisotopic (exact) mass is 235 g/mol. The minimum Gasteiger partial charge on any atom is -0.392 e. The van der Waals surface area contributed by atoms with Crippen LogP contribution in [0, 0.1) is 0 Å². The van der Waals surface area contributed by atoms with Crippen LogP contribution in [0.4, 0.5) is 0 Å². The van der Waals surface area contributed by atoms with Crippen LogP contribution >= 0.6 is 0 Å². The molecule has 1 amide bonds. The second-order valence-corrected chi connectivity index (χ2v) is 4.76. The highest BCUT2D eigenvalue weighted by Gasteiger charge is 2.56. The molecule has 2 rings (SSSR count). The van der Waals surface area contributed by atoms with E-state index in [9.17, 15) is 9.90 Å². The summed E-state index contributed by atoms with van der Waals surface area (Å²) in [5.74, 6) is -0.212. The minimum absolute atomic E-state index is 0.212. The quantitative estimate of drug-likeness (QED) is 0.835. The van der Waals surface area contributed by atoms with Crippen LogP contribution in [-0.2, 0) is 15.1 Å². The molecule has 1 atom stereocenters.